The van der Waals surface area contributed by atoms with Crippen LogP contribution in [0.25, 0.3) is 10.9 Å². The predicted octanol–water partition coefficient (Wildman–Crippen LogP) is 1.05. The Balaban J connectivity index is 1.45. The van der Waals surface area contributed by atoms with Crippen molar-refractivity contribution < 1.29 is 10.2 Å². The Morgan fingerprint density at radius 3 is 2.86 bits per heavy atom. The summed E-state index contributed by atoms with van der Waals surface area (Å²) in [5.74, 6) is 0.754. The first kappa shape index (κ1) is 18.3. The van der Waals surface area contributed by atoms with Gasteiger partial charge in [0.05, 0.1) is 0 Å². The van der Waals surface area contributed by atoms with Crippen LogP contribution in [0.2, 0.25) is 0 Å². The summed E-state index contributed by atoms with van der Waals surface area (Å²) in [6.07, 6.45) is 2.63. The monoisotopic (exact) mass is 399 g/mol. The third kappa shape index (κ3) is 3.64. The fraction of sp³-hybridized carbons (Fsp3) is 0.222. The van der Waals surface area contributed by atoms with Gasteiger partial charge in [-0.2, -0.15) is 0 Å². The number of fused-ring (bicyclic) bond motifs is 1. The van der Waals surface area contributed by atoms with E-state index >= 15 is 0 Å². The lowest BCUT2D eigenvalue weighted by atomic mass is 10.1. The SMILES string of the molecule is Cc1[nH]c(=O)[nH]c(=O)c1CSc1nnc([C@@H]([NH3+])Cc2c[nH]c3ccccc23)o1. The second kappa shape index (κ2) is 7.49. The van der Waals surface area contributed by atoms with Gasteiger partial charge in [0.1, 0.15) is 0 Å². The second-order valence-corrected chi connectivity index (χ2v) is 7.39. The molecule has 0 saturated heterocycles. The van der Waals surface area contributed by atoms with Gasteiger partial charge < -0.3 is 20.1 Å². The van der Waals surface area contributed by atoms with E-state index in [0.717, 1.165) is 16.5 Å². The lowest BCUT2D eigenvalue weighted by Gasteiger charge is -2.03. The van der Waals surface area contributed by atoms with Crippen LogP contribution in [0.5, 0.6) is 0 Å². The number of H-pyrrole nitrogens is 3. The minimum Gasteiger partial charge on any atom is -0.410 e. The summed E-state index contributed by atoms with van der Waals surface area (Å²) >= 11 is 1.24. The summed E-state index contributed by atoms with van der Waals surface area (Å²) in [6.45, 7) is 1.68. The van der Waals surface area contributed by atoms with Crippen LogP contribution >= 0.6 is 11.8 Å². The van der Waals surface area contributed by atoms with E-state index in [1.54, 1.807) is 6.92 Å². The molecule has 0 bridgehead atoms. The van der Waals surface area contributed by atoms with E-state index in [4.69, 9.17) is 4.42 Å². The lowest BCUT2D eigenvalue weighted by molar-refractivity contribution is -0.431. The molecule has 3 heterocycles. The van der Waals surface area contributed by atoms with E-state index in [0.29, 0.717) is 34.5 Å². The van der Waals surface area contributed by atoms with E-state index in [-0.39, 0.29) is 6.04 Å². The zero-order valence-corrected chi connectivity index (χ0v) is 15.9. The van der Waals surface area contributed by atoms with Crippen LogP contribution in [0.4, 0.5) is 0 Å². The molecule has 0 aliphatic rings. The van der Waals surface area contributed by atoms with Gasteiger partial charge in [0.2, 0.25) is 0 Å². The topological polar surface area (TPSA) is 148 Å². The van der Waals surface area contributed by atoms with Gasteiger partial charge in [-0.3, -0.25) is 9.78 Å². The van der Waals surface area contributed by atoms with Crippen LogP contribution in [0.15, 0.2) is 49.7 Å². The lowest BCUT2D eigenvalue weighted by Crippen LogP contribution is -2.54. The molecule has 144 valence electrons. The van der Waals surface area contributed by atoms with Gasteiger partial charge in [-0.1, -0.05) is 30.0 Å². The number of para-hydroxylation sites is 1. The fourth-order valence-corrected chi connectivity index (χ4v) is 3.89. The molecule has 9 nitrogen and oxygen atoms in total. The molecule has 0 amide bonds. The van der Waals surface area contributed by atoms with Crippen LogP contribution in [0, 0.1) is 6.92 Å². The summed E-state index contributed by atoms with van der Waals surface area (Å²) in [5, 5.41) is 9.63. The maximum atomic E-state index is 11.9. The van der Waals surface area contributed by atoms with E-state index in [1.165, 1.54) is 11.8 Å². The van der Waals surface area contributed by atoms with E-state index in [1.807, 2.05) is 24.4 Å². The number of benzene rings is 1. The number of nitrogens with zero attached hydrogens (tertiary/aromatic N) is 2. The Kier molecular flexibility index (Phi) is 4.88. The van der Waals surface area contributed by atoms with Crippen molar-refractivity contribution in [2.24, 2.45) is 0 Å². The van der Waals surface area contributed by atoms with E-state index in [9.17, 15) is 9.59 Å². The Hall–Kier alpha value is -3.11. The number of hydrogen-bond donors (Lipinski definition) is 4. The standard InChI is InChI=1S/C18H18N6O3S/c1-9-12(15(25)22-17(26)21-9)8-28-18-24-23-16(27-18)13(19)6-10-7-20-14-5-3-2-4-11(10)14/h2-5,7,13,20H,6,8,19H2,1H3,(H2,21,22,25,26)/p+1/t13-/m0/s1. The summed E-state index contributed by atoms with van der Waals surface area (Å²) in [5.41, 5.74) is 6.42. The molecule has 0 fully saturated rings. The highest BCUT2D eigenvalue weighted by atomic mass is 32.2. The zero-order valence-electron chi connectivity index (χ0n) is 15.1. The molecule has 0 aliphatic heterocycles. The molecular formula is C18H19N6O3S+. The second-order valence-electron chi connectivity index (χ2n) is 6.47. The fourth-order valence-electron chi connectivity index (χ4n) is 3.03. The average Bonchev–Trinajstić information content (AvgIpc) is 3.28. The van der Waals surface area contributed by atoms with E-state index < -0.39 is 11.2 Å². The molecule has 6 N–H and O–H groups in total. The van der Waals surface area contributed by atoms with Crippen LogP contribution in [0.3, 0.4) is 0 Å². The highest BCUT2D eigenvalue weighted by molar-refractivity contribution is 7.98. The first-order valence-electron chi connectivity index (χ1n) is 8.67. The van der Waals surface area contributed by atoms with Crippen LogP contribution in [-0.2, 0) is 12.2 Å². The summed E-state index contributed by atoms with van der Waals surface area (Å²) in [4.78, 5) is 31.2. The third-order valence-electron chi connectivity index (χ3n) is 4.51. The molecule has 0 spiro atoms. The van der Waals surface area contributed by atoms with Gasteiger partial charge in [0.15, 0.2) is 6.04 Å². The Morgan fingerprint density at radius 1 is 1.21 bits per heavy atom. The molecule has 1 aromatic carbocycles. The molecule has 10 heteroatoms. The highest BCUT2D eigenvalue weighted by Gasteiger charge is 2.20. The van der Waals surface area contributed by atoms with Crippen molar-refractivity contribution in [3.8, 4) is 0 Å². The van der Waals surface area contributed by atoms with Crippen molar-refractivity contribution in [2.75, 3.05) is 0 Å². The number of aromatic amines is 3. The number of hydrogen-bond acceptors (Lipinski definition) is 6. The van der Waals surface area contributed by atoms with Crippen molar-refractivity contribution in [1.82, 2.24) is 25.1 Å². The van der Waals surface area contributed by atoms with Gasteiger partial charge in [0.25, 0.3) is 16.7 Å². The van der Waals surface area contributed by atoms with Crippen molar-refractivity contribution in [2.45, 2.75) is 30.4 Å². The third-order valence-corrected chi connectivity index (χ3v) is 5.35. The molecule has 0 radical (unpaired) electrons. The first-order valence-corrected chi connectivity index (χ1v) is 9.66. The number of nitrogens with one attached hydrogen (secondary N) is 3. The van der Waals surface area contributed by atoms with Gasteiger partial charge in [-0.25, -0.2) is 4.79 Å². The van der Waals surface area contributed by atoms with Crippen molar-refractivity contribution in [3.63, 3.8) is 0 Å². The van der Waals surface area contributed by atoms with Crippen LogP contribution in [0.1, 0.15) is 28.8 Å². The quantitative estimate of drug-likeness (QED) is 0.356. The van der Waals surface area contributed by atoms with Crippen LogP contribution in [-0.4, -0.2) is 25.1 Å². The minimum absolute atomic E-state index is 0.195. The normalized spacial score (nSPS) is 12.5. The van der Waals surface area contributed by atoms with Crippen molar-refractivity contribution in [3.05, 3.63) is 74.0 Å². The molecule has 0 unspecified atom stereocenters. The van der Waals surface area contributed by atoms with Crippen molar-refractivity contribution >= 4 is 22.7 Å². The highest BCUT2D eigenvalue weighted by Crippen LogP contribution is 2.25. The average molecular weight is 399 g/mol. The maximum absolute atomic E-state index is 11.9. The molecule has 1 atom stereocenters. The number of thioether (sulfide) groups is 1. The molecule has 0 saturated carbocycles. The first-order chi connectivity index (χ1) is 13.5. The van der Waals surface area contributed by atoms with Gasteiger partial charge in [-0.05, 0) is 18.6 Å². The Bertz CT molecular complexity index is 1240. The molecule has 3 aromatic heterocycles. The smallest absolute Gasteiger partial charge is 0.325 e. The summed E-state index contributed by atoms with van der Waals surface area (Å²) < 4.78 is 5.72. The number of aryl methyl sites for hydroxylation is 1. The van der Waals surface area contributed by atoms with Crippen LogP contribution < -0.4 is 17.0 Å². The number of quaternary nitrogens is 1. The predicted molar refractivity (Wildman–Crippen MR) is 104 cm³/mol. The molecule has 4 rings (SSSR count). The van der Waals surface area contributed by atoms with Gasteiger partial charge >= 0.3 is 5.69 Å². The Labute approximate surface area is 162 Å². The van der Waals surface area contributed by atoms with Crippen molar-refractivity contribution in [1.29, 1.82) is 0 Å². The summed E-state index contributed by atoms with van der Waals surface area (Å²) in [7, 11) is 0. The minimum atomic E-state index is -0.520. The number of rotatable bonds is 6. The maximum Gasteiger partial charge on any atom is 0.325 e. The number of aromatic nitrogens is 5. The molecule has 4 aromatic rings. The van der Waals surface area contributed by atoms with Gasteiger partial charge in [-0.15, -0.1) is 10.2 Å². The molecule has 28 heavy (non-hydrogen) atoms. The largest absolute Gasteiger partial charge is 0.410 e. The van der Waals surface area contributed by atoms with E-state index in [2.05, 4.69) is 36.9 Å². The Morgan fingerprint density at radius 2 is 2.04 bits per heavy atom. The van der Waals surface area contributed by atoms with Gasteiger partial charge in [0, 0.05) is 40.5 Å². The summed E-state index contributed by atoms with van der Waals surface area (Å²) in [6, 6.07) is 7.88. The molecule has 0 aliphatic carbocycles. The molecular weight excluding hydrogens is 380 g/mol. The zero-order chi connectivity index (χ0) is 19.7.